The summed E-state index contributed by atoms with van der Waals surface area (Å²) in [5.41, 5.74) is 0. The number of hydrogen-bond acceptors (Lipinski definition) is 1. The summed E-state index contributed by atoms with van der Waals surface area (Å²) in [6.45, 7) is 9.12. The highest BCUT2D eigenvalue weighted by atomic mass is 14.0. The summed E-state index contributed by atoms with van der Waals surface area (Å²) in [5, 5.41) is 0. The minimum absolute atomic E-state index is 0. The zero-order valence-corrected chi connectivity index (χ0v) is 7.28. The van der Waals surface area contributed by atoms with E-state index in [-0.39, 0.29) is 6.15 Å². The van der Waals surface area contributed by atoms with Gasteiger partial charge in [0.1, 0.15) is 0 Å². The predicted molar refractivity (Wildman–Crippen MR) is 43.9 cm³/mol. The molecular weight excluding hydrogens is 110 g/mol. The van der Waals surface area contributed by atoms with Crippen LogP contribution in [0.4, 0.5) is 0 Å². The first-order valence-corrected chi connectivity index (χ1v) is 3.63. The Morgan fingerprint density at radius 2 is 1.00 bits per heavy atom. The average Bonchev–Trinajstić information content (AvgIpc) is 1.61. The van der Waals surface area contributed by atoms with Gasteiger partial charge in [0.2, 0.25) is 0 Å². The fourth-order valence-electron chi connectivity index (χ4n) is 0.667. The van der Waals surface area contributed by atoms with E-state index < -0.39 is 0 Å². The summed E-state index contributed by atoms with van der Waals surface area (Å²) in [7, 11) is 0. The van der Waals surface area contributed by atoms with Crippen molar-refractivity contribution in [3.63, 3.8) is 0 Å². The van der Waals surface area contributed by atoms with Crippen LogP contribution in [0.5, 0.6) is 0 Å². The van der Waals surface area contributed by atoms with E-state index in [9.17, 15) is 0 Å². The minimum Gasteiger partial charge on any atom is -0.344 e. The molecule has 0 aliphatic rings. The average molecular weight is 131 g/mol. The van der Waals surface area contributed by atoms with Crippen LogP contribution in [0.2, 0.25) is 0 Å². The summed E-state index contributed by atoms with van der Waals surface area (Å²) in [6.07, 6.45) is 2.77. The first-order valence-electron chi connectivity index (χ1n) is 3.63. The molecule has 0 radical (unpaired) electrons. The van der Waals surface area contributed by atoms with Crippen molar-refractivity contribution in [3.8, 4) is 0 Å². The van der Waals surface area contributed by atoms with Crippen molar-refractivity contribution in [2.75, 3.05) is 0 Å². The lowest BCUT2D eigenvalue weighted by Crippen LogP contribution is -1.91. The van der Waals surface area contributed by atoms with Crippen molar-refractivity contribution in [3.05, 3.63) is 0 Å². The molecule has 0 saturated carbocycles. The summed E-state index contributed by atoms with van der Waals surface area (Å²) in [6, 6.07) is 0. The zero-order valence-electron chi connectivity index (χ0n) is 7.28. The largest absolute Gasteiger partial charge is 0.344 e. The fourth-order valence-corrected chi connectivity index (χ4v) is 0.667. The Balaban J connectivity index is 0. The van der Waals surface area contributed by atoms with Gasteiger partial charge in [-0.2, -0.15) is 0 Å². The summed E-state index contributed by atoms with van der Waals surface area (Å²) >= 11 is 0. The van der Waals surface area contributed by atoms with Crippen molar-refractivity contribution < 1.29 is 0 Å². The molecule has 0 rings (SSSR count). The lowest BCUT2D eigenvalue weighted by Gasteiger charge is -2.05. The Bertz CT molecular complexity index is 40.5. The molecule has 0 heterocycles. The van der Waals surface area contributed by atoms with Gasteiger partial charge < -0.3 is 6.15 Å². The van der Waals surface area contributed by atoms with E-state index in [1.54, 1.807) is 0 Å². The number of hydrogen-bond donors (Lipinski definition) is 1. The Morgan fingerprint density at radius 1 is 0.778 bits per heavy atom. The van der Waals surface area contributed by atoms with Gasteiger partial charge in [0, 0.05) is 0 Å². The smallest absolute Gasteiger partial charge is 0.0471 e. The third-order valence-electron chi connectivity index (χ3n) is 1.32. The van der Waals surface area contributed by atoms with Crippen LogP contribution in [0.15, 0.2) is 0 Å². The predicted octanol–water partition coefficient (Wildman–Crippen LogP) is 3.24. The highest BCUT2D eigenvalue weighted by Gasteiger charge is 1.95. The first-order chi connectivity index (χ1) is 3.63. The molecule has 9 heavy (non-hydrogen) atoms. The van der Waals surface area contributed by atoms with E-state index in [1.165, 1.54) is 12.8 Å². The maximum absolute atomic E-state index is 2.28. The van der Waals surface area contributed by atoms with Crippen molar-refractivity contribution in [2.45, 2.75) is 40.5 Å². The fraction of sp³-hybridized carbons (Fsp3) is 1.00. The van der Waals surface area contributed by atoms with Gasteiger partial charge in [-0.05, 0) is 11.8 Å². The van der Waals surface area contributed by atoms with E-state index in [2.05, 4.69) is 27.7 Å². The standard InChI is InChI=1S/C8H18.H3N/c1-7(2)5-6-8(3)4;/h7-8H,5-6H2,1-4H3;1H3. The Hall–Kier alpha value is -0.0400. The third-order valence-corrected chi connectivity index (χ3v) is 1.32. The molecule has 0 amide bonds. The molecule has 1 nitrogen and oxygen atoms in total. The van der Waals surface area contributed by atoms with Crippen molar-refractivity contribution in [2.24, 2.45) is 11.8 Å². The van der Waals surface area contributed by atoms with Gasteiger partial charge in [-0.1, -0.05) is 40.5 Å². The lowest BCUT2D eigenvalue weighted by molar-refractivity contribution is 0.476. The van der Waals surface area contributed by atoms with E-state index in [0.717, 1.165) is 11.8 Å². The van der Waals surface area contributed by atoms with Gasteiger partial charge in [0.25, 0.3) is 0 Å². The van der Waals surface area contributed by atoms with Crippen LogP contribution in [0.1, 0.15) is 40.5 Å². The summed E-state index contributed by atoms with van der Waals surface area (Å²) in [4.78, 5) is 0. The van der Waals surface area contributed by atoms with Crippen LogP contribution in [0.3, 0.4) is 0 Å². The van der Waals surface area contributed by atoms with Gasteiger partial charge in [0.15, 0.2) is 0 Å². The van der Waals surface area contributed by atoms with Gasteiger partial charge in [0.05, 0.1) is 0 Å². The van der Waals surface area contributed by atoms with Crippen LogP contribution in [-0.4, -0.2) is 0 Å². The molecule has 0 unspecified atom stereocenters. The van der Waals surface area contributed by atoms with Gasteiger partial charge in [-0.25, -0.2) is 0 Å². The van der Waals surface area contributed by atoms with Crippen molar-refractivity contribution in [1.82, 2.24) is 6.15 Å². The van der Waals surface area contributed by atoms with Gasteiger partial charge >= 0.3 is 0 Å². The highest BCUT2D eigenvalue weighted by Crippen LogP contribution is 2.09. The van der Waals surface area contributed by atoms with E-state index in [1.807, 2.05) is 0 Å². The van der Waals surface area contributed by atoms with Crippen molar-refractivity contribution >= 4 is 0 Å². The molecule has 0 fully saturated rings. The molecule has 58 valence electrons. The molecule has 0 aliphatic heterocycles. The second-order valence-corrected chi connectivity index (χ2v) is 3.37. The van der Waals surface area contributed by atoms with Gasteiger partial charge in [-0.3, -0.25) is 0 Å². The third kappa shape index (κ3) is 11.5. The van der Waals surface area contributed by atoms with Gasteiger partial charge in [-0.15, -0.1) is 0 Å². The molecule has 0 bridgehead atoms. The maximum atomic E-state index is 2.28. The molecule has 0 aromatic carbocycles. The van der Waals surface area contributed by atoms with E-state index in [0.29, 0.717) is 0 Å². The highest BCUT2D eigenvalue weighted by molar-refractivity contribution is 4.48. The monoisotopic (exact) mass is 131 g/mol. The molecule has 0 aromatic rings. The maximum Gasteiger partial charge on any atom is -0.0471 e. The molecule has 1 heteroatoms. The van der Waals surface area contributed by atoms with Crippen LogP contribution >= 0.6 is 0 Å². The first kappa shape index (κ1) is 11.7. The van der Waals surface area contributed by atoms with Crippen LogP contribution in [0.25, 0.3) is 0 Å². The SMILES string of the molecule is CC(C)CCC(C)C.N. The van der Waals surface area contributed by atoms with Crippen LogP contribution < -0.4 is 6.15 Å². The Kier molecular flexibility index (Phi) is 7.92. The molecular formula is C8H21N. The normalized spacial score (nSPS) is 10.0. The molecule has 3 N–H and O–H groups in total. The summed E-state index contributed by atoms with van der Waals surface area (Å²) in [5.74, 6) is 1.77. The van der Waals surface area contributed by atoms with E-state index in [4.69, 9.17) is 0 Å². The van der Waals surface area contributed by atoms with Crippen LogP contribution in [-0.2, 0) is 0 Å². The zero-order chi connectivity index (χ0) is 6.57. The second-order valence-electron chi connectivity index (χ2n) is 3.37. The van der Waals surface area contributed by atoms with E-state index >= 15 is 0 Å². The molecule has 0 saturated heterocycles. The minimum atomic E-state index is 0. The lowest BCUT2D eigenvalue weighted by atomic mass is 10.0. The molecule has 0 aromatic heterocycles. The summed E-state index contributed by atoms with van der Waals surface area (Å²) < 4.78 is 0. The molecule has 0 aliphatic carbocycles. The molecule has 0 atom stereocenters. The van der Waals surface area contributed by atoms with Crippen molar-refractivity contribution in [1.29, 1.82) is 0 Å². The number of rotatable bonds is 3. The Labute approximate surface area is 59.4 Å². The quantitative estimate of drug-likeness (QED) is 0.627. The molecule has 0 spiro atoms. The van der Waals surface area contributed by atoms with Crippen LogP contribution in [0, 0.1) is 11.8 Å². The topological polar surface area (TPSA) is 35.0 Å². The second kappa shape index (κ2) is 6.09. The Morgan fingerprint density at radius 3 is 1.11 bits per heavy atom.